The topological polar surface area (TPSA) is 81.0 Å². The van der Waals surface area contributed by atoms with Crippen LogP contribution in [0.2, 0.25) is 0 Å². The minimum atomic E-state index is -1.75. The van der Waals surface area contributed by atoms with Crippen LogP contribution in [0.3, 0.4) is 0 Å². The van der Waals surface area contributed by atoms with Gasteiger partial charge in [-0.2, -0.15) is 0 Å². The van der Waals surface area contributed by atoms with E-state index in [9.17, 15) is 0 Å². The quantitative estimate of drug-likeness (QED) is 0.302. The zero-order chi connectivity index (χ0) is 24.3. The maximum absolute atomic E-state index is 4.95. The Morgan fingerprint density at radius 2 is 0.742 bits per heavy atom. The van der Waals surface area contributed by atoms with Gasteiger partial charge in [0.25, 0.3) is 0 Å². The van der Waals surface area contributed by atoms with Crippen molar-refractivity contribution in [3.63, 3.8) is 0 Å². The van der Waals surface area contributed by atoms with Gasteiger partial charge in [0.2, 0.25) is 0 Å². The SMILES string of the molecule is CC(C)(C)c1ccn[n-]1.CC(C)(C)c1ccn[n-]1.CC(C)(C)c1ccn[n-]1.[Cl][Ru]([Cl])[Cl]. The molecule has 0 spiro atoms. The van der Waals surface area contributed by atoms with Crippen LogP contribution in [0.15, 0.2) is 36.8 Å². The van der Waals surface area contributed by atoms with Crippen LogP contribution in [-0.4, -0.2) is 15.3 Å². The van der Waals surface area contributed by atoms with Crippen molar-refractivity contribution in [2.75, 3.05) is 0 Å². The summed E-state index contributed by atoms with van der Waals surface area (Å²) in [5, 5.41) is 23.0. The van der Waals surface area contributed by atoms with E-state index in [1.54, 1.807) is 18.6 Å². The zero-order valence-electron chi connectivity index (χ0n) is 19.6. The Kier molecular flexibility index (Phi) is 13.2. The average molecular weight is 577 g/mol. The third kappa shape index (κ3) is 14.7. The molecule has 0 N–H and O–H groups in total. The van der Waals surface area contributed by atoms with Crippen LogP contribution in [0.1, 0.15) is 79.4 Å². The molecule has 0 aliphatic carbocycles. The van der Waals surface area contributed by atoms with Gasteiger partial charge >= 0.3 is 42.1 Å². The number of hydrogen-bond acceptors (Lipinski definition) is 3. The van der Waals surface area contributed by atoms with E-state index in [1.165, 1.54) is 0 Å². The van der Waals surface area contributed by atoms with Gasteiger partial charge < -0.3 is 30.6 Å². The number of hydrogen-bond donors (Lipinski definition) is 0. The van der Waals surface area contributed by atoms with Crippen LogP contribution >= 0.6 is 29.1 Å². The van der Waals surface area contributed by atoms with Gasteiger partial charge in [-0.1, -0.05) is 80.5 Å². The minimum absolute atomic E-state index is 0.149. The molecule has 10 heteroatoms. The molecule has 179 valence electrons. The number of nitrogens with zero attached hydrogens (tertiary/aromatic N) is 6. The molecule has 0 bridgehead atoms. The van der Waals surface area contributed by atoms with Gasteiger partial charge in [0, 0.05) is 18.6 Å². The average Bonchev–Trinajstić information content (AvgIpc) is 3.35. The van der Waals surface area contributed by atoms with Crippen LogP contribution in [0.5, 0.6) is 0 Å². The fraction of sp³-hybridized carbons (Fsp3) is 0.571. The van der Waals surface area contributed by atoms with Gasteiger partial charge in [-0.15, -0.1) is 17.1 Å². The third-order valence-corrected chi connectivity index (χ3v) is 3.70. The molecule has 0 atom stereocenters. The van der Waals surface area contributed by atoms with Gasteiger partial charge in [-0.25, -0.2) is 0 Å². The summed E-state index contributed by atoms with van der Waals surface area (Å²) in [4.78, 5) is 0. The summed E-state index contributed by atoms with van der Waals surface area (Å²) < 4.78 is 0. The molecule has 3 aromatic rings. The van der Waals surface area contributed by atoms with Crippen LogP contribution in [0.4, 0.5) is 0 Å². The third-order valence-electron chi connectivity index (χ3n) is 3.70. The molecule has 0 fully saturated rings. The molecule has 31 heavy (non-hydrogen) atoms. The van der Waals surface area contributed by atoms with Crippen molar-refractivity contribution in [1.82, 2.24) is 30.6 Å². The van der Waals surface area contributed by atoms with Gasteiger partial charge in [0.15, 0.2) is 0 Å². The monoisotopic (exact) mass is 576 g/mol. The summed E-state index contributed by atoms with van der Waals surface area (Å²) in [5.41, 5.74) is 3.62. The summed E-state index contributed by atoms with van der Waals surface area (Å²) in [5.74, 6) is 0. The second-order valence-electron chi connectivity index (χ2n) is 9.65. The summed E-state index contributed by atoms with van der Waals surface area (Å²) >= 11 is -1.75. The van der Waals surface area contributed by atoms with E-state index in [-0.39, 0.29) is 16.2 Å². The number of halogens is 3. The van der Waals surface area contributed by atoms with E-state index in [4.69, 9.17) is 29.1 Å². The number of aromatic nitrogens is 6. The molecular weight excluding hydrogens is 544 g/mol. The van der Waals surface area contributed by atoms with Crippen LogP contribution in [0, 0.1) is 0 Å². The molecule has 6 nitrogen and oxygen atoms in total. The first-order valence-electron chi connectivity index (χ1n) is 9.56. The molecule has 3 aromatic heterocycles. The molecule has 0 unspecified atom stereocenters. The van der Waals surface area contributed by atoms with Gasteiger partial charge in [0.05, 0.1) is 0 Å². The van der Waals surface area contributed by atoms with Crippen molar-refractivity contribution in [3.8, 4) is 0 Å². The van der Waals surface area contributed by atoms with E-state index < -0.39 is 13.0 Å². The van der Waals surface area contributed by atoms with E-state index in [0.717, 1.165) is 17.1 Å². The summed E-state index contributed by atoms with van der Waals surface area (Å²) in [6, 6.07) is 5.83. The van der Waals surface area contributed by atoms with E-state index in [2.05, 4.69) is 92.9 Å². The second-order valence-corrected chi connectivity index (χ2v) is 17.6. The van der Waals surface area contributed by atoms with E-state index in [0.29, 0.717) is 0 Å². The summed E-state index contributed by atoms with van der Waals surface area (Å²) in [6.45, 7) is 19.1. The fourth-order valence-electron chi connectivity index (χ4n) is 1.90. The second kappa shape index (κ2) is 13.6. The molecule has 0 aliphatic rings. The molecule has 3 heterocycles. The van der Waals surface area contributed by atoms with Gasteiger partial charge in [0.1, 0.15) is 0 Å². The first kappa shape index (κ1) is 30.1. The van der Waals surface area contributed by atoms with Crippen molar-refractivity contribution >= 4 is 29.1 Å². The standard InChI is InChI=1S/3C7H11N2.3ClH.Ru/c3*1-7(2,3)6-4-5-8-9-6;;;;/h3*4-5H,1-3H3;3*1H;/q3*-1;;;;+3/p-3. The molecule has 0 aromatic carbocycles. The Morgan fingerprint density at radius 3 is 0.806 bits per heavy atom. The van der Waals surface area contributed by atoms with E-state index in [1.807, 2.05) is 18.2 Å². The molecule has 0 aliphatic heterocycles. The fourth-order valence-corrected chi connectivity index (χ4v) is 1.90. The van der Waals surface area contributed by atoms with Crippen molar-refractivity contribution in [1.29, 1.82) is 0 Å². The van der Waals surface area contributed by atoms with Crippen LogP contribution in [0.25, 0.3) is 0 Å². The zero-order valence-corrected chi connectivity index (χ0v) is 23.6. The predicted molar refractivity (Wildman–Crippen MR) is 126 cm³/mol. The van der Waals surface area contributed by atoms with E-state index >= 15 is 0 Å². The molecule has 0 saturated heterocycles. The molecule has 3 rings (SSSR count). The summed E-state index contributed by atoms with van der Waals surface area (Å²) in [7, 11) is 14.8. The molecular formula is C21H33Cl3N6Ru-3. The Morgan fingerprint density at radius 1 is 0.548 bits per heavy atom. The first-order chi connectivity index (χ1) is 14.0. The predicted octanol–water partition coefficient (Wildman–Crippen LogP) is 6.07. The van der Waals surface area contributed by atoms with Gasteiger partial charge in [-0.05, 0) is 16.2 Å². The van der Waals surface area contributed by atoms with Crippen LogP contribution in [-0.2, 0) is 29.2 Å². The number of rotatable bonds is 0. The van der Waals surface area contributed by atoms with Crippen molar-refractivity contribution in [2.24, 2.45) is 0 Å². The van der Waals surface area contributed by atoms with Crippen molar-refractivity contribution in [2.45, 2.75) is 78.6 Å². The Balaban J connectivity index is 0.000000402. The molecule has 0 saturated carbocycles. The Labute approximate surface area is 204 Å². The van der Waals surface area contributed by atoms with Crippen molar-refractivity contribution < 1.29 is 13.0 Å². The summed E-state index contributed by atoms with van der Waals surface area (Å²) in [6.07, 6.45) is 5.17. The van der Waals surface area contributed by atoms with Gasteiger partial charge in [-0.3, -0.25) is 0 Å². The Bertz CT molecular complexity index is 674. The van der Waals surface area contributed by atoms with Crippen LogP contribution < -0.4 is 15.3 Å². The molecule has 0 radical (unpaired) electrons. The normalized spacial score (nSPS) is 11.8. The Hall–Kier alpha value is -0.877. The molecule has 0 amide bonds. The van der Waals surface area contributed by atoms with Crippen molar-refractivity contribution in [3.05, 3.63) is 53.9 Å². The first-order valence-corrected chi connectivity index (χ1v) is 16.3. The maximum atomic E-state index is 4.95.